The van der Waals surface area contributed by atoms with Crippen LogP contribution in [0.5, 0.6) is 0 Å². The fraction of sp³-hybridized carbons (Fsp3) is 0.105. The van der Waals surface area contributed by atoms with Crippen molar-refractivity contribution in [2.45, 2.75) is 27.7 Å². The van der Waals surface area contributed by atoms with Gasteiger partial charge in [-0.25, -0.2) is 0 Å². The number of aryl methyl sites for hydroxylation is 2. The maximum Gasteiger partial charge on any atom is -0.0279 e. The number of halogens is 2. The van der Waals surface area contributed by atoms with Gasteiger partial charge in [-0.2, -0.15) is 36.4 Å². The summed E-state index contributed by atoms with van der Waals surface area (Å²) in [4.78, 5) is 0. The molecule has 0 aliphatic heterocycles. The molecule has 0 aliphatic carbocycles. The molecular weight excluding hydrogens is 619 g/mol. The minimum Gasteiger partial charge on any atom is -0.168 e. The molecule has 0 nitrogen and oxygen atoms in total. The van der Waals surface area contributed by atoms with Crippen molar-refractivity contribution in [2.24, 2.45) is 0 Å². The minimum absolute atomic E-state index is 0. The van der Waals surface area contributed by atoms with Gasteiger partial charge in [-0.15, -0.1) is 112 Å². The molecule has 3 heteroatoms. The van der Waals surface area contributed by atoms with E-state index in [9.17, 15) is 0 Å². The Hall–Kier alpha value is -2.96. The molecule has 0 fully saturated rings. The third-order valence-electron chi connectivity index (χ3n) is 6.56. The van der Waals surface area contributed by atoms with E-state index < -0.39 is 0 Å². The molecule has 0 heterocycles. The fourth-order valence-corrected chi connectivity index (χ4v) is 4.68. The van der Waals surface area contributed by atoms with Crippen molar-refractivity contribution in [1.82, 2.24) is 0 Å². The van der Waals surface area contributed by atoms with Crippen LogP contribution in [0.15, 0.2) is 140 Å². The summed E-state index contributed by atoms with van der Waals surface area (Å²) >= 11 is 1.55. The van der Waals surface area contributed by atoms with Crippen molar-refractivity contribution in [3.8, 4) is 11.1 Å². The van der Waals surface area contributed by atoms with Crippen LogP contribution >= 0.6 is 24.8 Å². The second kappa shape index (κ2) is 17.1. The summed E-state index contributed by atoms with van der Waals surface area (Å²) in [7, 11) is 0. The van der Waals surface area contributed by atoms with Crippen LogP contribution in [0.2, 0.25) is 0 Å². The molecule has 0 bridgehead atoms. The van der Waals surface area contributed by atoms with Gasteiger partial charge in [-0.1, -0.05) is 65.2 Å². The average molecular weight is 656 g/mol. The van der Waals surface area contributed by atoms with Crippen molar-refractivity contribution in [1.29, 1.82) is 0 Å². The van der Waals surface area contributed by atoms with E-state index in [2.05, 4.69) is 167 Å². The van der Waals surface area contributed by atoms with Crippen LogP contribution in [0.25, 0.3) is 43.4 Å². The summed E-state index contributed by atoms with van der Waals surface area (Å²) in [5.74, 6) is 0. The van der Waals surface area contributed by atoms with Crippen LogP contribution in [-0.2, 0) is 24.2 Å². The summed E-state index contributed by atoms with van der Waals surface area (Å²) in [6, 6.07) is 49.0. The number of hydrogen-bond donors (Lipinski definition) is 0. The van der Waals surface area contributed by atoms with Crippen molar-refractivity contribution in [3.05, 3.63) is 151 Å². The van der Waals surface area contributed by atoms with Gasteiger partial charge in [0.1, 0.15) is 0 Å². The molecule has 0 saturated carbocycles. The smallest absolute Gasteiger partial charge is 0.0279 e. The normalized spacial score (nSPS) is 9.63. The fourth-order valence-electron chi connectivity index (χ4n) is 4.68. The van der Waals surface area contributed by atoms with Gasteiger partial charge in [0.25, 0.3) is 0 Å². The summed E-state index contributed by atoms with van der Waals surface area (Å²) in [5, 5.41) is 8.10. The van der Waals surface area contributed by atoms with Crippen molar-refractivity contribution in [2.75, 3.05) is 0 Å². The first kappa shape index (κ1) is 34.2. The molecule has 7 rings (SSSR count). The molecule has 7 aromatic carbocycles. The SMILES string of the molecule is C[C](C)=[Zr].Cc1cccc2[cH-]ccc12.Cc1cccc2[cH-]ccc12.Cl.Cl.c1ccc(-c2cccc3[cH-]ccc23)cc1. The molecule has 0 N–H and O–H groups in total. The molecule has 0 radical (unpaired) electrons. The third kappa shape index (κ3) is 9.54. The van der Waals surface area contributed by atoms with E-state index in [1.54, 1.807) is 24.2 Å². The van der Waals surface area contributed by atoms with Crippen molar-refractivity contribution in [3.63, 3.8) is 0 Å². The van der Waals surface area contributed by atoms with Gasteiger partial charge in [-0.3, -0.25) is 0 Å². The predicted molar refractivity (Wildman–Crippen MR) is 184 cm³/mol. The molecule has 0 aromatic heterocycles. The zero-order valence-electron chi connectivity index (χ0n) is 24.1. The maximum atomic E-state index is 2.18. The standard InChI is InChI=1S/C15H11.2C10H9.C3H6.2ClH.Zr/c1-2-6-12(7-3-1)14-10-4-8-13-9-5-11-15(13)14;2*1-8-4-2-5-9-6-3-7-10(8)9;1-3-2;;;/h1-11H;2*2-7H,1H3;1-2H3;2*1H;/q3*-1;;;;. The average Bonchev–Trinajstić information content (AvgIpc) is 3.71. The maximum absolute atomic E-state index is 2.18. The van der Waals surface area contributed by atoms with Gasteiger partial charge in [0.2, 0.25) is 0 Å². The number of fused-ring (bicyclic) bond motifs is 3. The van der Waals surface area contributed by atoms with E-state index in [0.29, 0.717) is 0 Å². The first-order chi connectivity index (χ1) is 18.9. The van der Waals surface area contributed by atoms with Crippen molar-refractivity contribution < 1.29 is 24.2 Å². The van der Waals surface area contributed by atoms with Crippen molar-refractivity contribution >= 4 is 60.3 Å². The monoisotopic (exact) mass is 653 g/mol. The Balaban J connectivity index is 0.000000202. The molecule has 0 aliphatic rings. The molecule has 0 atom stereocenters. The summed E-state index contributed by atoms with van der Waals surface area (Å²) in [5.41, 5.74) is 5.33. The van der Waals surface area contributed by atoms with Gasteiger partial charge >= 0.3 is 41.3 Å². The van der Waals surface area contributed by atoms with E-state index in [0.717, 1.165) is 0 Å². The van der Waals surface area contributed by atoms with E-state index in [4.69, 9.17) is 0 Å². The number of rotatable bonds is 1. The first-order valence-corrected chi connectivity index (χ1v) is 14.6. The van der Waals surface area contributed by atoms with Gasteiger partial charge in [-0.05, 0) is 19.4 Å². The quantitative estimate of drug-likeness (QED) is 0.154. The van der Waals surface area contributed by atoms with Gasteiger partial charge < -0.3 is 0 Å². The Kier molecular flexibility index (Phi) is 14.3. The second-order valence-electron chi connectivity index (χ2n) is 9.91. The largest absolute Gasteiger partial charge is 0.168 e. The van der Waals surface area contributed by atoms with Crippen LogP contribution in [0.1, 0.15) is 25.0 Å². The molecule has 0 saturated heterocycles. The topological polar surface area (TPSA) is 0 Å². The van der Waals surface area contributed by atoms with Gasteiger partial charge in [0.05, 0.1) is 0 Å². The summed E-state index contributed by atoms with van der Waals surface area (Å²) < 4.78 is 1.51. The Morgan fingerprint density at radius 3 is 1.32 bits per heavy atom. The molecule has 0 spiro atoms. The molecule has 0 unspecified atom stereocenters. The van der Waals surface area contributed by atoms with E-state index in [1.807, 2.05) is 0 Å². The zero-order chi connectivity index (χ0) is 27.6. The van der Waals surface area contributed by atoms with Gasteiger partial charge in [0.15, 0.2) is 0 Å². The Bertz CT molecular complexity index is 1690. The molecule has 0 amide bonds. The molecule has 7 aromatic rings. The van der Waals surface area contributed by atoms with Gasteiger partial charge in [0, 0.05) is 0 Å². The Morgan fingerprint density at radius 2 is 0.878 bits per heavy atom. The van der Waals surface area contributed by atoms with Crippen LogP contribution in [0, 0.1) is 13.8 Å². The van der Waals surface area contributed by atoms with Crippen LogP contribution in [0.3, 0.4) is 0 Å². The third-order valence-corrected chi connectivity index (χ3v) is 6.56. The second-order valence-corrected chi connectivity index (χ2v) is 12.4. The van der Waals surface area contributed by atoms with Crippen LogP contribution in [0.4, 0.5) is 0 Å². The number of hydrogen-bond acceptors (Lipinski definition) is 0. The van der Waals surface area contributed by atoms with E-state index in [-0.39, 0.29) is 24.8 Å². The van der Waals surface area contributed by atoms with Crippen LogP contribution in [-0.4, -0.2) is 3.21 Å². The first-order valence-electron chi connectivity index (χ1n) is 13.4. The predicted octanol–water partition coefficient (Wildman–Crippen LogP) is 11.5. The molecule has 210 valence electrons. The zero-order valence-corrected chi connectivity index (χ0v) is 28.2. The molecule has 41 heavy (non-hydrogen) atoms. The number of benzene rings is 4. The summed E-state index contributed by atoms with van der Waals surface area (Å²) in [6.07, 6.45) is 0. The Labute approximate surface area is 272 Å². The minimum atomic E-state index is 0. The Morgan fingerprint density at radius 1 is 0.488 bits per heavy atom. The molecular formula is C38H37Cl2Zr-3. The van der Waals surface area contributed by atoms with E-state index in [1.165, 1.54) is 57.8 Å². The summed E-state index contributed by atoms with van der Waals surface area (Å²) in [6.45, 7) is 8.53. The van der Waals surface area contributed by atoms with Crippen LogP contribution < -0.4 is 0 Å². The van der Waals surface area contributed by atoms with E-state index >= 15 is 0 Å².